The van der Waals surface area contributed by atoms with E-state index in [4.69, 9.17) is 0 Å². The molecule has 1 unspecified atom stereocenters. The molecule has 1 heterocycles. The topological polar surface area (TPSA) is 76.0 Å². The number of hydrogen-bond donors (Lipinski definition) is 2. The van der Waals surface area contributed by atoms with E-state index >= 15 is 0 Å². The molecule has 0 saturated heterocycles. The van der Waals surface area contributed by atoms with Gasteiger partial charge in [-0.25, -0.2) is 13.1 Å². The highest BCUT2D eigenvalue weighted by atomic mass is 32.2. The fourth-order valence-electron chi connectivity index (χ4n) is 1.93. The molecule has 0 aliphatic heterocycles. The van der Waals surface area contributed by atoms with E-state index in [0.29, 0.717) is 0 Å². The van der Waals surface area contributed by atoms with Crippen LogP contribution in [0.3, 0.4) is 0 Å². The Bertz CT molecular complexity index is 692. The fourth-order valence-corrected chi connectivity index (χ4v) is 2.94. The zero-order chi connectivity index (χ0) is 15.5. The van der Waals surface area contributed by atoms with Gasteiger partial charge in [-0.3, -0.25) is 4.68 Å². The third-order valence-corrected chi connectivity index (χ3v) is 4.77. The van der Waals surface area contributed by atoms with E-state index < -0.39 is 10.0 Å². The number of hydrogen-bond acceptors (Lipinski definition) is 4. The van der Waals surface area contributed by atoms with Crippen LogP contribution < -0.4 is 10.0 Å². The summed E-state index contributed by atoms with van der Waals surface area (Å²) in [5.74, 6) is 0. The third kappa shape index (κ3) is 3.90. The zero-order valence-corrected chi connectivity index (χ0v) is 13.2. The van der Waals surface area contributed by atoms with Gasteiger partial charge >= 0.3 is 0 Å². The molecule has 21 heavy (non-hydrogen) atoms. The summed E-state index contributed by atoms with van der Waals surface area (Å²) < 4.78 is 28.6. The summed E-state index contributed by atoms with van der Waals surface area (Å²) >= 11 is 0. The number of benzene rings is 1. The van der Waals surface area contributed by atoms with E-state index in [2.05, 4.69) is 15.1 Å². The lowest BCUT2D eigenvalue weighted by Gasteiger charge is -2.11. The minimum absolute atomic E-state index is 0.185. The van der Waals surface area contributed by atoms with Gasteiger partial charge in [0.2, 0.25) is 10.0 Å². The van der Waals surface area contributed by atoms with Crippen LogP contribution in [0.4, 0.5) is 0 Å². The van der Waals surface area contributed by atoms with Gasteiger partial charge in [-0.15, -0.1) is 0 Å². The molecule has 2 rings (SSSR count). The number of nitrogens with one attached hydrogen (secondary N) is 2. The first-order valence-corrected chi connectivity index (χ1v) is 8.15. The lowest BCUT2D eigenvalue weighted by molar-refractivity contribution is 0.581. The number of aryl methyl sites for hydroxylation is 1. The van der Waals surface area contributed by atoms with Gasteiger partial charge in [0.1, 0.15) is 0 Å². The zero-order valence-electron chi connectivity index (χ0n) is 12.4. The molecular weight excluding hydrogens is 288 g/mol. The molecule has 7 heteroatoms. The molecule has 2 aromatic rings. The molecule has 0 radical (unpaired) electrons. The highest BCUT2D eigenvalue weighted by molar-refractivity contribution is 7.89. The summed E-state index contributed by atoms with van der Waals surface area (Å²) in [6.07, 6.45) is 3.42. The van der Waals surface area contributed by atoms with Crippen molar-refractivity contribution in [3.05, 3.63) is 47.8 Å². The van der Waals surface area contributed by atoms with E-state index in [1.165, 1.54) is 0 Å². The van der Waals surface area contributed by atoms with E-state index in [1.807, 2.05) is 26.1 Å². The summed E-state index contributed by atoms with van der Waals surface area (Å²) in [5.41, 5.74) is 1.87. The van der Waals surface area contributed by atoms with Gasteiger partial charge in [0, 0.05) is 31.4 Å². The van der Waals surface area contributed by atoms with Gasteiger partial charge in [0.25, 0.3) is 0 Å². The van der Waals surface area contributed by atoms with E-state index in [-0.39, 0.29) is 17.5 Å². The second-order valence-electron chi connectivity index (χ2n) is 4.93. The lowest BCUT2D eigenvalue weighted by Crippen LogP contribution is -2.23. The van der Waals surface area contributed by atoms with Crippen LogP contribution in [0.1, 0.15) is 24.1 Å². The smallest absolute Gasteiger partial charge is 0.240 e. The van der Waals surface area contributed by atoms with Crippen LogP contribution in [-0.4, -0.2) is 25.2 Å². The van der Waals surface area contributed by atoms with Crippen molar-refractivity contribution in [2.24, 2.45) is 7.05 Å². The van der Waals surface area contributed by atoms with Crippen LogP contribution >= 0.6 is 0 Å². The summed E-state index contributed by atoms with van der Waals surface area (Å²) in [6.45, 7) is 2.25. The Labute approximate surface area is 125 Å². The maximum atomic E-state index is 12.2. The van der Waals surface area contributed by atoms with Crippen LogP contribution in [0.15, 0.2) is 41.6 Å². The molecule has 0 aliphatic carbocycles. The predicted molar refractivity (Wildman–Crippen MR) is 81.2 cm³/mol. The van der Waals surface area contributed by atoms with Crippen LogP contribution in [0.2, 0.25) is 0 Å². The van der Waals surface area contributed by atoms with Gasteiger partial charge in [-0.2, -0.15) is 5.10 Å². The molecule has 0 fully saturated rings. The van der Waals surface area contributed by atoms with Crippen molar-refractivity contribution in [2.75, 3.05) is 7.05 Å². The monoisotopic (exact) mass is 308 g/mol. The lowest BCUT2D eigenvalue weighted by atomic mass is 10.1. The summed E-state index contributed by atoms with van der Waals surface area (Å²) in [4.78, 5) is 0.262. The highest BCUT2D eigenvalue weighted by Gasteiger charge is 2.14. The summed E-state index contributed by atoms with van der Waals surface area (Å²) in [6, 6.07) is 7.06. The molecule has 0 amide bonds. The second-order valence-corrected chi connectivity index (χ2v) is 6.69. The minimum atomic E-state index is -3.51. The van der Waals surface area contributed by atoms with Crippen LogP contribution in [0, 0.1) is 0 Å². The van der Waals surface area contributed by atoms with Gasteiger partial charge in [-0.1, -0.05) is 12.1 Å². The Morgan fingerprint density at radius 3 is 2.48 bits per heavy atom. The van der Waals surface area contributed by atoms with Crippen molar-refractivity contribution in [1.82, 2.24) is 19.8 Å². The van der Waals surface area contributed by atoms with Gasteiger partial charge in [0.05, 0.1) is 11.1 Å². The SMILES string of the molecule is CNC(C)c1ccc(S(=O)(=O)NCc2cnn(C)c2)cc1. The normalized spacial score (nSPS) is 13.3. The Morgan fingerprint density at radius 1 is 1.29 bits per heavy atom. The third-order valence-electron chi connectivity index (χ3n) is 3.35. The Kier molecular flexibility index (Phi) is 4.76. The first-order valence-electron chi connectivity index (χ1n) is 6.67. The quantitative estimate of drug-likeness (QED) is 0.840. The molecule has 2 N–H and O–H groups in total. The first kappa shape index (κ1) is 15.7. The maximum absolute atomic E-state index is 12.2. The van der Waals surface area contributed by atoms with Crippen LogP contribution in [0.25, 0.3) is 0 Å². The largest absolute Gasteiger partial charge is 0.313 e. The van der Waals surface area contributed by atoms with Crippen molar-refractivity contribution < 1.29 is 8.42 Å². The molecule has 1 aromatic heterocycles. The fraction of sp³-hybridized carbons (Fsp3) is 0.357. The Morgan fingerprint density at radius 2 is 1.95 bits per heavy atom. The van der Waals surface area contributed by atoms with Gasteiger partial charge in [-0.05, 0) is 31.7 Å². The molecular formula is C14H20N4O2S. The Hall–Kier alpha value is -1.70. The predicted octanol–water partition coefficient (Wildman–Crippen LogP) is 1.18. The summed E-state index contributed by atoms with van der Waals surface area (Å²) in [5, 5.41) is 7.12. The van der Waals surface area contributed by atoms with Crippen molar-refractivity contribution in [3.8, 4) is 0 Å². The molecule has 0 spiro atoms. The highest BCUT2D eigenvalue weighted by Crippen LogP contribution is 2.16. The maximum Gasteiger partial charge on any atom is 0.240 e. The average molecular weight is 308 g/mol. The molecule has 114 valence electrons. The van der Waals surface area contributed by atoms with E-state index in [9.17, 15) is 8.42 Å². The molecule has 6 nitrogen and oxygen atoms in total. The molecule has 0 bridgehead atoms. The van der Waals surface area contributed by atoms with E-state index in [1.54, 1.807) is 36.3 Å². The average Bonchev–Trinajstić information content (AvgIpc) is 2.90. The Balaban J connectivity index is 2.08. The number of aromatic nitrogens is 2. The summed E-state index contributed by atoms with van der Waals surface area (Å²) in [7, 11) is 0.151. The van der Waals surface area contributed by atoms with Crippen LogP contribution in [-0.2, 0) is 23.6 Å². The number of rotatable bonds is 6. The molecule has 0 aliphatic rings. The molecule has 0 saturated carbocycles. The van der Waals surface area contributed by atoms with E-state index in [0.717, 1.165) is 11.1 Å². The van der Waals surface area contributed by atoms with Gasteiger partial charge < -0.3 is 5.32 Å². The van der Waals surface area contributed by atoms with Crippen molar-refractivity contribution in [2.45, 2.75) is 24.4 Å². The number of sulfonamides is 1. The van der Waals surface area contributed by atoms with Crippen molar-refractivity contribution in [1.29, 1.82) is 0 Å². The number of nitrogens with zero attached hydrogens (tertiary/aromatic N) is 2. The van der Waals surface area contributed by atoms with Gasteiger partial charge in [0.15, 0.2) is 0 Å². The first-order chi connectivity index (χ1) is 9.92. The van der Waals surface area contributed by atoms with Crippen molar-refractivity contribution >= 4 is 10.0 Å². The van der Waals surface area contributed by atoms with Crippen LogP contribution in [0.5, 0.6) is 0 Å². The minimum Gasteiger partial charge on any atom is -0.313 e. The second kappa shape index (κ2) is 6.38. The standard InChI is InChI=1S/C14H20N4O2S/c1-11(15-2)13-4-6-14(7-5-13)21(19,20)17-9-12-8-16-18(3)10-12/h4-8,10-11,15,17H,9H2,1-3H3. The molecule has 1 aromatic carbocycles. The van der Waals surface area contributed by atoms with Crippen molar-refractivity contribution in [3.63, 3.8) is 0 Å². The molecule has 1 atom stereocenters.